The average Bonchev–Trinajstić information content (AvgIpc) is 2.30. The number of anilines is 1. The fraction of sp³-hybridized carbons (Fsp3) is 0.364. The van der Waals surface area contributed by atoms with Crippen molar-refractivity contribution in [3.8, 4) is 0 Å². The quantitative estimate of drug-likeness (QED) is 0.629. The van der Waals surface area contributed by atoms with E-state index in [0.29, 0.717) is 16.8 Å². The van der Waals surface area contributed by atoms with Crippen molar-refractivity contribution < 1.29 is 19.6 Å². The number of amides is 1. The number of aliphatic hydroxyl groups is 1. The molecule has 0 saturated carbocycles. The Balaban J connectivity index is 2.88. The SMILES string of the molecule is Cc1cc([N+](=O)[O-])c(C)cc1NC(=O)OCCO. The van der Waals surface area contributed by atoms with Crippen molar-refractivity contribution in [1.82, 2.24) is 0 Å². The molecule has 0 radical (unpaired) electrons. The number of ether oxygens (including phenoxy) is 1. The van der Waals surface area contributed by atoms with Crippen molar-refractivity contribution >= 4 is 17.5 Å². The standard InChI is InChI=1S/C11H14N2O5/c1-7-6-10(13(16)17)8(2)5-9(7)12-11(15)18-4-3-14/h5-6,14H,3-4H2,1-2H3,(H,12,15). The Morgan fingerprint density at radius 2 is 2.11 bits per heavy atom. The predicted molar refractivity (Wildman–Crippen MR) is 64.6 cm³/mol. The van der Waals surface area contributed by atoms with Gasteiger partial charge >= 0.3 is 6.09 Å². The molecule has 0 aliphatic heterocycles. The van der Waals surface area contributed by atoms with Crippen LogP contribution in [0, 0.1) is 24.0 Å². The highest BCUT2D eigenvalue weighted by Crippen LogP contribution is 2.25. The first-order chi connectivity index (χ1) is 8.45. The van der Waals surface area contributed by atoms with Crippen molar-refractivity contribution in [2.75, 3.05) is 18.5 Å². The van der Waals surface area contributed by atoms with Gasteiger partial charge in [-0.1, -0.05) is 0 Å². The molecule has 18 heavy (non-hydrogen) atoms. The van der Waals surface area contributed by atoms with Gasteiger partial charge < -0.3 is 9.84 Å². The highest BCUT2D eigenvalue weighted by molar-refractivity contribution is 5.86. The molecule has 1 amide bonds. The van der Waals surface area contributed by atoms with Crippen LogP contribution in [0.2, 0.25) is 0 Å². The van der Waals surface area contributed by atoms with Crippen molar-refractivity contribution in [2.45, 2.75) is 13.8 Å². The van der Waals surface area contributed by atoms with E-state index in [9.17, 15) is 14.9 Å². The predicted octanol–water partition coefficient (Wildman–Crippen LogP) is 1.75. The Hall–Kier alpha value is -2.15. The maximum atomic E-state index is 11.3. The average molecular weight is 254 g/mol. The van der Waals surface area contributed by atoms with Crippen molar-refractivity contribution in [3.05, 3.63) is 33.4 Å². The number of benzene rings is 1. The lowest BCUT2D eigenvalue weighted by Gasteiger charge is -2.09. The van der Waals surface area contributed by atoms with Crippen LogP contribution in [-0.2, 0) is 4.74 Å². The molecule has 1 rings (SSSR count). The van der Waals surface area contributed by atoms with E-state index >= 15 is 0 Å². The molecule has 0 fully saturated rings. The molecule has 0 atom stereocenters. The van der Waals surface area contributed by atoms with Crippen LogP contribution < -0.4 is 5.32 Å². The first kappa shape index (κ1) is 13.9. The number of nitrogens with one attached hydrogen (secondary N) is 1. The molecular formula is C11H14N2O5. The molecule has 2 N–H and O–H groups in total. The van der Waals surface area contributed by atoms with Crippen LogP contribution >= 0.6 is 0 Å². The van der Waals surface area contributed by atoms with E-state index in [-0.39, 0.29) is 18.9 Å². The van der Waals surface area contributed by atoms with Gasteiger partial charge in [-0.25, -0.2) is 4.79 Å². The van der Waals surface area contributed by atoms with Gasteiger partial charge in [0.05, 0.1) is 11.5 Å². The number of carbonyl (C=O) groups is 1. The summed E-state index contributed by atoms with van der Waals surface area (Å²) in [6, 6.07) is 2.89. The maximum Gasteiger partial charge on any atom is 0.411 e. The van der Waals surface area contributed by atoms with E-state index in [4.69, 9.17) is 5.11 Å². The summed E-state index contributed by atoms with van der Waals surface area (Å²) in [6.45, 7) is 2.87. The fourth-order valence-electron chi connectivity index (χ4n) is 1.42. The van der Waals surface area contributed by atoms with E-state index in [0.717, 1.165) is 0 Å². The van der Waals surface area contributed by atoms with Crippen LogP contribution in [0.15, 0.2) is 12.1 Å². The van der Waals surface area contributed by atoms with Gasteiger partial charge in [0.15, 0.2) is 0 Å². The van der Waals surface area contributed by atoms with Crippen molar-refractivity contribution in [2.24, 2.45) is 0 Å². The van der Waals surface area contributed by atoms with Crippen LogP contribution in [0.25, 0.3) is 0 Å². The van der Waals surface area contributed by atoms with Gasteiger partial charge in [0.1, 0.15) is 6.61 Å². The lowest BCUT2D eigenvalue weighted by atomic mass is 10.1. The van der Waals surface area contributed by atoms with Gasteiger partial charge in [-0.05, 0) is 25.5 Å². The Morgan fingerprint density at radius 1 is 1.44 bits per heavy atom. The number of nitrogens with zero attached hydrogens (tertiary/aromatic N) is 1. The zero-order valence-corrected chi connectivity index (χ0v) is 10.1. The van der Waals surface area contributed by atoms with Gasteiger partial charge in [-0.2, -0.15) is 0 Å². The lowest BCUT2D eigenvalue weighted by molar-refractivity contribution is -0.385. The van der Waals surface area contributed by atoms with E-state index in [2.05, 4.69) is 10.1 Å². The fourth-order valence-corrected chi connectivity index (χ4v) is 1.42. The zero-order valence-electron chi connectivity index (χ0n) is 10.1. The molecule has 1 aromatic rings. The van der Waals surface area contributed by atoms with Gasteiger partial charge in [0.25, 0.3) is 5.69 Å². The van der Waals surface area contributed by atoms with Crippen molar-refractivity contribution in [3.63, 3.8) is 0 Å². The monoisotopic (exact) mass is 254 g/mol. The summed E-state index contributed by atoms with van der Waals surface area (Å²) in [7, 11) is 0. The van der Waals surface area contributed by atoms with Gasteiger partial charge in [0, 0.05) is 17.3 Å². The highest BCUT2D eigenvalue weighted by Gasteiger charge is 2.14. The summed E-state index contributed by atoms with van der Waals surface area (Å²) in [5, 5.41) is 21.7. The van der Waals surface area contributed by atoms with E-state index < -0.39 is 11.0 Å². The smallest absolute Gasteiger partial charge is 0.411 e. The minimum atomic E-state index is -0.708. The number of rotatable bonds is 4. The summed E-state index contributed by atoms with van der Waals surface area (Å²) in [6.07, 6.45) is -0.708. The second kappa shape index (κ2) is 5.97. The number of nitro groups is 1. The Bertz CT molecular complexity index is 473. The molecule has 0 unspecified atom stereocenters. The molecule has 0 heterocycles. The van der Waals surface area contributed by atoms with Crippen LogP contribution in [0.3, 0.4) is 0 Å². The molecule has 7 heteroatoms. The third-order valence-electron chi connectivity index (χ3n) is 2.30. The van der Waals surface area contributed by atoms with Gasteiger partial charge in [0.2, 0.25) is 0 Å². The number of carbonyl (C=O) groups excluding carboxylic acids is 1. The minimum Gasteiger partial charge on any atom is -0.447 e. The summed E-state index contributed by atoms with van der Waals surface area (Å²) < 4.78 is 4.63. The molecule has 0 aliphatic rings. The van der Waals surface area contributed by atoms with Crippen LogP contribution in [0.4, 0.5) is 16.2 Å². The molecule has 0 spiro atoms. The number of nitro benzene ring substituents is 1. The van der Waals surface area contributed by atoms with Gasteiger partial charge in [-0.15, -0.1) is 0 Å². The van der Waals surface area contributed by atoms with Crippen LogP contribution in [-0.4, -0.2) is 29.3 Å². The first-order valence-corrected chi connectivity index (χ1v) is 5.26. The third kappa shape index (κ3) is 3.42. The zero-order chi connectivity index (χ0) is 13.7. The maximum absolute atomic E-state index is 11.3. The highest BCUT2D eigenvalue weighted by atomic mass is 16.6. The molecular weight excluding hydrogens is 240 g/mol. The second-order valence-corrected chi connectivity index (χ2v) is 3.70. The Morgan fingerprint density at radius 3 is 2.67 bits per heavy atom. The summed E-state index contributed by atoms with van der Waals surface area (Å²) >= 11 is 0. The van der Waals surface area contributed by atoms with E-state index in [1.54, 1.807) is 13.8 Å². The van der Waals surface area contributed by atoms with Crippen LogP contribution in [0.1, 0.15) is 11.1 Å². The molecule has 0 aromatic heterocycles. The second-order valence-electron chi connectivity index (χ2n) is 3.70. The number of hydrogen-bond acceptors (Lipinski definition) is 5. The number of aryl methyl sites for hydroxylation is 2. The minimum absolute atomic E-state index is 0.00164. The molecule has 1 aromatic carbocycles. The van der Waals surface area contributed by atoms with E-state index in [1.807, 2.05) is 0 Å². The molecule has 98 valence electrons. The molecule has 0 aliphatic carbocycles. The summed E-state index contributed by atoms with van der Waals surface area (Å²) in [5.41, 5.74) is 1.46. The molecule has 0 bridgehead atoms. The first-order valence-electron chi connectivity index (χ1n) is 5.26. The van der Waals surface area contributed by atoms with Gasteiger partial charge in [-0.3, -0.25) is 15.4 Å². The summed E-state index contributed by atoms with van der Waals surface area (Å²) in [5.74, 6) is 0. The normalized spacial score (nSPS) is 9.94. The number of aliphatic hydroxyl groups excluding tert-OH is 1. The largest absolute Gasteiger partial charge is 0.447 e. The Kier molecular flexibility index (Phi) is 4.61. The Labute approximate surface area is 104 Å². The topological polar surface area (TPSA) is 102 Å². The third-order valence-corrected chi connectivity index (χ3v) is 2.30. The lowest BCUT2D eigenvalue weighted by Crippen LogP contribution is -2.16. The number of hydrogen-bond donors (Lipinski definition) is 2. The van der Waals surface area contributed by atoms with Crippen molar-refractivity contribution in [1.29, 1.82) is 0 Å². The molecule has 0 saturated heterocycles. The molecule has 7 nitrogen and oxygen atoms in total. The summed E-state index contributed by atoms with van der Waals surface area (Å²) in [4.78, 5) is 21.5. The van der Waals surface area contributed by atoms with Crippen LogP contribution in [0.5, 0.6) is 0 Å². The van der Waals surface area contributed by atoms with E-state index in [1.165, 1.54) is 12.1 Å².